The Kier molecular flexibility index (Phi) is 6.54. The molecule has 1 aliphatic heterocycles. The zero-order chi connectivity index (χ0) is 23.5. The Hall–Kier alpha value is -3.32. The van der Waals surface area contributed by atoms with Crippen molar-refractivity contribution in [1.82, 2.24) is 15.1 Å². The molecule has 176 valence electrons. The predicted molar refractivity (Wildman–Crippen MR) is 127 cm³/mol. The van der Waals surface area contributed by atoms with Gasteiger partial charge in [-0.2, -0.15) is 5.10 Å². The molecule has 1 saturated heterocycles. The average Bonchev–Trinajstić information content (AvgIpc) is 2.89. The van der Waals surface area contributed by atoms with Gasteiger partial charge in [-0.05, 0) is 79.5 Å². The summed E-state index contributed by atoms with van der Waals surface area (Å²) in [7, 11) is 0. The molecule has 2 aliphatic rings. The van der Waals surface area contributed by atoms with Crippen LogP contribution in [0.25, 0.3) is 11.1 Å². The van der Waals surface area contributed by atoms with Crippen LogP contribution >= 0.6 is 0 Å². The number of morpholine rings is 1. The highest BCUT2D eigenvalue weighted by Gasteiger charge is 2.20. The van der Waals surface area contributed by atoms with Gasteiger partial charge in [-0.25, -0.2) is 9.49 Å². The Balaban J connectivity index is 1.37. The fraction of sp³-hybridized carbons (Fsp3) is 0.370. The van der Waals surface area contributed by atoms with Crippen molar-refractivity contribution in [3.63, 3.8) is 0 Å². The van der Waals surface area contributed by atoms with Gasteiger partial charge in [0.05, 0.1) is 18.9 Å². The first-order chi connectivity index (χ1) is 16.6. The van der Waals surface area contributed by atoms with Crippen LogP contribution in [0.2, 0.25) is 0 Å². The second-order valence-electron chi connectivity index (χ2n) is 8.96. The fourth-order valence-electron chi connectivity index (χ4n) is 4.92. The molecule has 6 nitrogen and oxygen atoms in total. The van der Waals surface area contributed by atoms with Gasteiger partial charge in [0.15, 0.2) is 0 Å². The fourth-order valence-corrected chi connectivity index (χ4v) is 4.92. The third-order valence-corrected chi connectivity index (χ3v) is 6.78. The number of amides is 1. The van der Waals surface area contributed by atoms with Gasteiger partial charge >= 0.3 is 0 Å². The Morgan fingerprint density at radius 1 is 1.03 bits per heavy atom. The van der Waals surface area contributed by atoms with E-state index in [1.165, 1.54) is 6.07 Å². The molecule has 2 aromatic carbocycles. The summed E-state index contributed by atoms with van der Waals surface area (Å²) in [4.78, 5) is 26.8. The Morgan fingerprint density at radius 3 is 2.65 bits per heavy atom. The van der Waals surface area contributed by atoms with E-state index >= 15 is 0 Å². The molecule has 7 heteroatoms. The molecular weight excluding hydrogens is 433 g/mol. The van der Waals surface area contributed by atoms with E-state index in [0.29, 0.717) is 55.8 Å². The van der Waals surface area contributed by atoms with Crippen molar-refractivity contribution < 1.29 is 13.9 Å². The topological polar surface area (TPSA) is 75.3 Å². The summed E-state index contributed by atoms with van der Waals surface area (Å²) in [5.74, 6) is -0.380. The zero-order valence-electron chi connectivity index (χ0n) is 19.1. The van der Waals surface area contributed by atoms with Crippen LogP contribution in [-0.2, 0) is 30.4 Å². The summed E-state index contributed by atoms with van der Waals surface area (Å²) in [6.45, 7) is 2.20. The smallest absolute Gasteiger partial charge is 0.267 e. The molecule has 3 aromatic rings. The third kappa shape index (κ3) is 4.66. The normalized spacial score (nSPS) is 15.7. The van der Waals surface area contributed by atoms with Gasteiger partial charge in [-0.3, -0.25) is 9.59 Å². The highest BCUT2D eigenvalue weighted by molar-refractivity contribution is 5.95. The average molecular weight is 462 g/mol. The maximum Gasteiger partial charge on any atom is 0.267 e. The van der Waals surface area contributed by atoms with Crippen LogP contribution in [0.15, 0.2) is 47.3 Å². The number of aromatic amines is 1. The number of nitrogens with one attached hydrogen (secondary N) is 1. The van der Waals surface area contributed by atoms with Gasteiger partial charge in [-0.15, -0.1) is 0 Å². The minimum Gasteiger partial charge on any atom is -0.378 e. The molecule has 1 fully saturated rings. The Morgan fingerprint density at radius 2 is 1.82 bits per heavy atom. The molecule has 0 bridgehead atoms. The van der Waals surface area contributed by atoms with E-state index in [-0.39, 0.29) is 17.3 Å². The van der Waals surface area contributed by atoms with Crippen molar-refractivity contribution in [3.05, 3.63) is 86.6 Å². The largest absolute Gasteiger partial charge is 0.378 e. The molecule has 1 aromatic heterocycles. The van der Waals surface area contributed by atoms with Crippen molar-refractivity contribution >= 4 is 5.91 Å². The highest BCUT2D eigenvalue weighted by Crippen LogP contribution is 2.27. The van der Waals surface area contributed by atoms with Crippen LogP contribution < -0.4 is 5.56 Å². The molecule has 5 rings (SSSR count). The van der Waals surface area contributed by atoms with Crippen LogP contribution in [-0.4, -0.2) is 47.3 Å². The summed E-state index contributed by atoms with van der Waals surface area (Å²) in [6, 6.07) is 12.3. The monoisotopic (exact) mass is 461 g/mol. The number of hydrogen-bond donors (Lipinski definition) is 1. The minimum absolute atomic E-state index is 0.0596. The lowest BCUT2D eigenvalue weighted by Gasteiger charge is -2.27. The lowest BCUT2D eigenvalue weighted by atomic mass is 9.90. The number of hydrogen-bond acceptors (Lipinski definition) is 4. The Labute approximate surface area is 197 Å². The van der Waals surface area contributed by atoms with Gasteiger partial charge in [-0.1, -0.05) is 18.2 Å². The van der Waals surface area contributed by atoms with E-state index < -0.39 is 0 Å². The third-order valence-electron chi connectivity index (χ3n) is 6.78. The van der Waals surface area contributed by atoms with Crippen LogP contribution in [0.1, 0.15) is 45.6 Å². The maximum absolute atomic E-state index is 14.8. The molecule has 0 atom stereocenters. The van der Waals surface area contributed by atoms with Crippen molar-refractivity contribution in [2.75, 3.05) is 26.3 Å². The van der Waals surface area contributed by atoms with E-state index in [9.17, 15) is 14.0 Å². The second kappa shape index (κ2) is 9.89. The van der Waals surface area contributed by atoms with Crippen LogP contribution in [0, 0.1) is 5.82 Å². The van der Waals surface area contributed by atoms with Gasteiger partial charge in [0, 0.05) is 29.8 Å². The zero-order valence-corrected chi connectivity index (χ0v) is 19.1. The number of halogens is 1. The second-order valence-corrected chi connectivity index (χ2v) is 8.96. The standard InChI is InChI=1S/C27H28FN3O3/c28-24-10-8-18(9-11-25-21-6-1-2-7-22(21)26(32)30-29-25)16-23(24)19-4-3-5-20(17-19)27(33)31-12-14-34-15-13-31/h3-5,8,10,16-17H,1-2,6-7,9,11-15H2,(H,30,32). The quantitative estimate of drug-likeness (QED) is 0.629. The van der Waals surface area contributed by atoms with Gasteiger partial charge in [0.1, 0.15) is 5.82 Å². The summed E-state index contributed by atoms with van der Waals surface area (Å²) in [6.07, 6.45) is 5.17. The molecule has 34 heavy (non-hydrogen) atoms. The number of carbonyl (C=O) groups is 1. The molecule has 0 radical (unpaired) electrons. The lowest BCUT2D eigenvalue weighted by molar-refractivity contribution is 0.0303. The molecule has 0 spiro atoms. The summed E-state index contributed by atoms with van der Waals surface area (Å²) < 4.78 is 20.1. The maximum atomic E-state index is 14.8. The first-order valence-electron chi connectivity index (χ1n) is 12.0. The van der Waals surface area contributed by atoms with Crippen LogP contribution in [0.4, 0.5) is 4.39 Å². The summed E-state index contributed by atoms with van der Waals surface area (Å²) in [5.41, 5.74) is 5.51. The van der Waals surface area contributed by atoms with Crippen molar-refractivity contribution in [3.8, 4) is 11.1 Å². The molecule has 1 N–H and O–H groups in total. The SMILES string of the molecule is O=C(c1cccc(-c2cc(CCc3n[nH]c(=O)c4c3CCCC4)ccc2F)c1)N1CCOCC1. The molecular formula is C27H28FN3O3. The number of fused-ring (bicyclic) bond motifs is 1. The number of aromatic nitrogens is 2. The molecule has 0 saturated carbocycles. The van der Waals surface area contributed by atoms with Crippen molar-refractivity contribution in [1.29, 1.82) is 0 Å². The van der Waals surface area contributed by atoms with Gasteiger partial charge in [0.25, 0.3) is 11.5 Å². The molecule has 0 unspecified atom stereocenters. The number of H-pyrrole nitrogens is 1. The van der Waals surface area contributed by atoms with Crippen molar-refractivity contribution in [2.45, 2.75) is 38.5 Å². The predicted octanol–water partition coefficient (Wildman–Crippen LogP) is 3.71. The van der Waals surface area contributed by atoms with E-state index in [0.717, 1.165) is 48.1 Å². The van der Waals surface area contributed by atoms with E-state index in [1.807, 2.05) is 12.1 Å². The molecule has 1 aliphatic carbocycles. The molecule has 2 heterocycles. The van der Waals surface area contributed by atoms with E-state index in [1.54, 1.807) is 29.2 Å². The minimum atomic E-state index is -0.320. The highest BCUT2D eigenvalue weighted by atomic mass is 19.1. The van der Waals surface area contributed by atoms with Gasteiger partial charge in [0.2, 0.25) is 0 Å². The molecule has 1 amide bonds. The number of carbonyl (C=O) groups excluding carboxylic acids is 1. The number of benzene rings is 2. The van der Waals surface area contributed by atoms with E-state index in [4.69, 9.17) is 4.74 Å². The first-order valence-corrected chi connectivity index (χ1v) is 12.0. The number of rotatable bonds is 5. The Bertz CT molecular complexity index is 1260. The number of nitrogens with zero attached hydrogens (tertiary/aromatic N) is 2. The first kappa shape index (κ1) is 22.5. The number of aryl methyl sites for hydroxylation is 2. The van der Waals surface area contributed by atoms with Gasteiger partial charge < -0.3 is 9.64 Å². The van der Waals surface area contributed by atoms with Crippen LogP contribution in [0.3, 0.4) is 0 Å². The van der Waals surface area contributed by atoms with E-state index in [2.05, 4.69) is 10.2 Å². The summed E-state index contributed by atoms with van der Waals surface area (Å²) >= 11 is 0. The van der Waals surface area contributed by atoms with Crippen LogP contribution in [0.5, 0.6) is 0 Å². The summed E-state index contributed by atoms with van der Waals surface area (Å²) in [5, 5.41) is 6.96. The number of ether oxygens (including phenoxy) is 1. The van der Waals surface area contributed by atoms with Crippen molar-refractivity contribution in [2.24, 2.45) is 0 Å². The lowest BCUT2D eigenvalue weighted by Crippen LogP contribution is -2.40.